The number of carbonyl (C=O) groups excluding carboxylic acids is 1. The molecule has 0 spiro atoms. The van der Waals surface area contributed by atoms with Crippen molar-refractivity contribution >= 4 is 17.5 Å². The summed E-state index contributed by atoms with van der Waals surface area (Å²) in [6.45, 7) is 1.75. The van der Waals surface area contributed by atoms with Crippen LogP contribution in [-0.2, 0) is 4.79 Å². The van der Waals surface area contributed by atoms with Gasteiger partial charge in [0.25, 0.3) is 0 Å². The number of allylic oxidation sites excluding steroid dienone is 3. The topological polar surface area (TPSA) is 87.4 Å². The van der Waals surface area contributed by atoms with Crippen LogP contribution in [-0.4, -0.2) is 17.0 Å². The molecule has 0 atom stereocenters. The third kappa shape index (κ3) is 4.66. The second-order valence-electron chi connectivity index (χ2n) is 4.99. The summed E-state index contributed by atoms with van der Waals surface area (Å²) in [6.07, 6.45) is 4.45. The summed E-state index contributed by atoms with van der Waals surface area (Å²) in [5, 5.41) is 18.0. The molecule has 0 aromatic heterocycles. The number of carbonyl (C=O) groups is 2. The molecule has 0 saturated heterocycles. The number of hydrogen-bond acceptors (Lipinski definition) is 4. The van der Waals surface area contributed by atoms with E-state index in [1.165, 1.54) is 30.4 Å². The first-order valence-electron chi connectivity index (χ1n) is 7.44. The first-order chi connectivity index (χ1) is 12.0. The molecule has 0 aliphatic heterocycles. The fraction of sp³-hybridized carbons (Fsp3) is 0.0500. The Morgan fingerprint density at radius 2 is 1.68 bits per heavy atom. The Morgan fingerprint density at radius 1 is 1.04 bits per heavy atom. The molecular formula is C20H15NO4. The standard InChI is InChI=1S/C20H15NO4/c1-2-15(17-5-3-4-6-18(17)20(23)24)9-12-19(22)25-16-10-7-14(13-21)8-11-16/h2-12H,1H3,(H,23,24). The van der Waals surface area contributed by atoms with E-state index in [0.29, 0.717) is 22.4 Å². The lowest BCUT2D eigenvalue weighted by molar-refractivity contribution is -0.128. The van der Waals surface area contributed by atoms with Gasteiger partial charge in [0.15, 0.2) is 0 Å². The minimum atomic E-state index is -1.04. The van der Waals surface area contributed by atoms with E-state index in [4.69, 9.17) is 10.00 Å². The van der Waals surface area contributed by atoms with Crippen LogP contribution in [0.25, 0.3) is 5.57 Å². The van der Waals surface area contributed by atoms with Crippen LogP contribution < -0.4 is 4.74 Å². The minimum Gasteiger partial charge on any atom is -0.478 e. The lowest BCUT2D eigenvalue weighted by atomic mass is 9.99. The van der Waals surface area contributed by atoms with Crippen molar-refractivity contribution < 1.29 is 19.4 Å². The number of carboxylic acids is 1. The predicted octanol–water partition coefficient (Wildman–Crippen LogP) is 3.82. The Morgan fingerprint density at radius 3 is 2.24 bits per heavy atom. The minimum absolute atomic E-state index is 0.153. The Hall–Kier alpha value is -3.65. The van der Waals surface area contributed by atoms with Crippen molar-refractivity contribution in [3.8, 4) is 11.8 Å². The highest BCUT2D eigenvalue weighted by molar-refractivity contribution is 5.97. The van der Waals surface area contributed by atoms with Crippen LogP contribution in [0.1, 0.15) is 28.4 Å². The maximum atomic E-state index is 11.9. The van der Waals surface area contributed by atoms with Crippen LogP contribution in [0.2, 0.25) is 0 Å². The monoisotopic (exact) mass is 333 g/mol. The summed E-state index contributed by atoms with van der Waals surface area (Å²) in [7, 11) is 0. The van der Waals surface area contributed by atoms with Gasteiger partial charge in [0.2, 0.25) is 0 Å². The van der Waals surface area contributed by atoms with Gasteiger partial charge < -0.3 is 9.84 Å². The summed E-state index contributed by atoms with van der Waals surface area (Å²) in [4.78, 5) is 23.2. The number of aromatic carboxylic acids is 1. The molecule has 5 nitrogen and oxygen atoms in total. The van der Waals surface area contributed by atoms with Crippen molar-refractivity contribution in [2.75, 3.05) is 0 Å². The predicted molar refractivity (Wildman–Crippen MR) is 93.0 cm³/mol. The first-order valence-corrected chi connectivity index (χ1v) is 7.44. The van der Waals surface area contributed by atoms with Gasteiger partial charge in [-0.15, -0.1) is 0 Å². The van der Waals surface area contributed by atoms with Crippen molar-refractivity contribution in [1.29, 1.82) is 5.26 Å². The largest absolute Gasteiger partial charge is 0.478 e. The zero-order valence-electron chi connectivity index (χ0n) is 13.5. The molecule has 0 aliphatic rings. The highest BCUT2D eigenvalue weighted by atomic mass is 16.5. The fourth-order valence-corrected chi connectivity index (χ4v) is 2.17. The average molecular weight is 333 g/mol. The van der Waals surface area contributed by atoms with E-state index in [2.05, 4.69) is 0 Å². The Balaban J connectivity index is 2.14. The zero-order chi connectivity index (χ0) is 18.2. The molecule has 2 aromatic rings. The fourth-order valence-electron chi connectivity index (χ4n) is 2.17. The van der Waals surface area contributed by atoms with Crippen LogP contribution in [0.15, 0.2) is 66.8 Å². The van der Waals surface area contributed by atoms with Gasteiger partial charge in [0.1, 0.15) is 5.75 Å². The Bertz CT molecular complexity index is 887. The number of nitriles is 1. The second-order valence-corrected chi connectivity index (χ2v) is 4.99. The maximum absolute atomic E-state index is 11.9. The number of carboxylic acid groups (broad SMARTS) is 1. The normalized spacial score (nSPS) is 11.1. The molecule has 0 unspecified atom stereocenters. The van der Waals surface area contributed by atoms with Crippen molar-refractivity contribution in [1.82, 2.24) is 0 Å². The molecule has 25 heavy (non-hydrogen) atoms. The molecule has 5 heteroatoms. The summed E-state index contributed by atoms with van der Waals surface area (Å²) in [5.74, 6) is -1.32. The summed E-state index contributed by atoms with van der Waals surface area (Å²) >= 11 is 0. The van der Waals surface area contributed by atoms with Crippen molar-refractivity contribution in [3.05, 3.63) is 83.4 Å². The average Bonchev–Trinajstić information content (AvgIpc) is 2.63. The highest BCUT2D eigenvalue weighted by Crippen LogP contribution is 2.21. The Kier molecular flexibility index (Phi) is 5.86. The third-order valence-electron chi connectivity index (χ3n) is 3.38. The molecule has 0 saturated carbocycles. The van der Waals surface area contributed by atoms with E-state index in [9.17, 15) is 14.7 Å². The third-order valence-corrected chi connectivity index (χ3v) is 3.38. The van der Waals surface area contributed by atoms with Crippen molar-refractivity contribution in [2.45, 2.75) is 6.92 Å². The van der Waals surface area contributed by atoms with Crippen LogP contribution in [0.4, 0.5) is 0 Å². The van der Waals surface area contributed by atoms with Crippen molar-refractivity contribution in [2.24, 2.45) is 0 Å². The van der Waals surface area contributed by atoms with Crippen LogP contribution in [0.5, 0.6) is 5.75 Å². The summed E-state index contributed by atoms with van der Waals surface area (Å²) in [6, 6.07) is 14.7. The van der Waals surface area contributed by atoms with E-state index < -0.39 is 11.9 Å². The molecule has 124 valence electrons. The molecule has 1 N–H and O–H groups in total. The summed E-state index contributed by atoms with van der Waals surface area (Å²) < 4.78 is 5.14. The molecule has 2 aromatic carbocycles. The maximum Gasteiger partial charge on any atom is 0.336 e. The van der Waals surface area contributed by atoms with Gasteiger partial charge in [-0.2, -0.15) is 5.26 Å². The van der Waals surface area contributed by atoms with Gasteiger partial charge in [-0.1, -0.05) is 24.3 Å². The van der Waals surface area contributed by atoms with Gasteiger partial charge in [-0.3, -0.25) is 0 Å². The molecule has 0 radical (unpaired) electrons. The molecule has 0 fully saturated rings. The molecule has 2 rings (SSSR count). The molecule has 0 aliphatic carbocycles. The van der Waals surface area contributed by atoms with Crippen LogP contribution in [0, 0.1) is 11.3 Å². The number of nitrogens with zero attached hydrogens (tertiary/aromatic N) is 1. The van der Waals surface area contributed by atoms with E-state index in [1.54, 1.807) is 43.3 Å². The molecule has 0 bridgehead atoms. The SMILES string of the molecule is CC=C(C=CC(=O)Oc1ccc(C#N)cc1)c1ccccc1C(=O)O. The Labute approximate surface area is 145 Å². The van der Waals surface area contributed by atoms with E-state index in [0.717, 1.165) is 0 Å². The number of esters is 1. The molecule has 0 heterocycles. The number of hydrogen-bond donors (Lipinski definition) is 1. The lowest BCUT2D eigenvalue weighted by Crippen LogP contribution is -2.04. The van der Waals surface area contributed by atoms with E-state index in [1.807, 2.05) is 6.07 Å². The molecular weight excluding hydrogens is 318 g/mol. The zero-order valence-corrected chi connectivity index (χ0v) is 13.5. The van der Waals surface area contributed by atoms with E-state index in [-0.39, 0.29) is 5.56 Å². The lowest BCUT2D eigenvalue weighted by Gasteiger charge is -2.06. The van der Waals surface area contributed by atoms with Gasteiger partial charge in [0, 0.05) is 6.08 Å². The number of rotatable bonds is 5. The summed E-state index contributed by atoms with van der Waals surface area (Å²) in [5.41, 5.74) is 1.73. The number of benzene rings is 2. The quantitative estimate of drug-likeness (QED) is 0.389. The highest BCUT2D eigenvalue weighted by Gasteiger charge is 2.11. The number of ether oxygens (including phenoxy) is 1. The van der Waals surface area contributed by atoms with Crippen LogP contribution >= 0.6 is 0 Å². The van der Waals surface area contributed by atoms with Gasteiger partial charge in [-0.25, -0.2) is 9.59 Å². The van der Waals surface area contributed by atoms with Gasteiger partial charge >= 0.3 is 11.9 Å². The van der Waals surface area contributed by atoms with E-state index >= 15 is 0 Å². The van der Waals surface area contributed by atoms with Crippen LogP contribution in [0.3, 0.4) is 0 Å². The first kappa shape index (κ1) is 17.7. The van der Waals surface area contributed by atoms with Crippen molar-refractivity contribution in [3.63, 3.8) is 0 Å². The van der Waals surface area contributed by atoms with Gasteiger partial charge in [-0.05, 0) is 54.5 Å². The van der Waals surface area contributed by atoms with Gasteiger partial charge in [0.05, 0.1) is 17.2 Å². The molecule has 0 amide bonds. The second kappa shape index (κ2) is 8.27. The smallest absolute Gasteiger partial charge is 0.336 e.